The molecule has 1 aromatic rings. The highest BCUT2D eigenvalue weighted by Crippen LogP contribution is 2.19. The molecule has 5 heteroatoms. The molecule has 2 heterocycles. The zero-order valence-electron chi connectivity index (χ0n) is 9.92. The van der Waals surface area contributed by atoms with E-state index in [-0.39, 0.29) is 17.9 Å². The fourth-order valence-electron chi connectivity index (χ4n) is 2.03. The summed E-state index contributed by atoms with van der Waals surface area (Å²) in [5.41, 5.74) is 2.00. The minimum absolute atomic E-state index is 0.0522. The predicted octanol–water partition coefficient (Wildman–Crippen LogP) is 0.963. The molecule has 3 N–H and O–H groups in total. The van der Waals surface area contributed by atoms with Crippen LogP contribution in [0.1, 0.15) is 24.6 Å². The van der Waals surface area contributed by atoms with Crippen LogP contribution in [0, 0.1) is 19.8 Å². The molecule has 0 spiro atoms. The Hall–Kier alpha value is -1.36. The third kappa shape index (κ3) is 1.95. The van der Waals surface area contributed by atoms with Gasteiger partial charge in [-0.1, -0.05) is 0 Å². The Balaban J connectivity index is 2.05. The van der Waals surface area contributed by atoms with Crippen LogP contribution in [0.25, 0.3) is 0 Å². The average molecular weight is 222 g/mol. The van der Waals surface area contributed by atoms with E-state index < -0.39 is 0 Å². The van der Waals surface area contributed by atoms with Gasteiger partial charge in [0.25, 0.3) is 0 Å². The van der Waals surface area contributed by atoms with E-state index in [1.54, 1.807) is 0 Å². The molecule has 5 nitrogen and oxygen atoms in total. The number of aromatic amines is 1. The molecular formula is C11H18N4O. The van der Waals surface area contributed by atoms with E-state index in [2.05, 4.69) is 20.8 Å². The number of rotatable bonds is 2. The van der Waals surface area contributed by atoms with E-state index in [0.717, 1.165) is 24.2 Å². The Bertz CT molecular complexity index is 399. The summed E-state index contributed by atoms with van der Waals surface area (Å²) < 4.78 is 0. The van der Waals surface area contributed by atoms with Crippen LogP contribution in [0.3, 0.4) is 0 Å². The topological polar surface area (TPSA) is 69.8 Å². The summed E-state index contributed by atoms with van der Waals surface area (Å²) in [6.45, 7) is 6.85. The summed E-state index contributed by atoms with van der Waals surface area (Å²) in [7, 11) is 0. The number of H-pyrrole nitrogens is 1. The summed E-state index contributed by atoms with van der Waals surface area (Å²) in [4.78, 5) is 12.0. The third-order valence-electron chi connectivity index (χ3n) is 3.36. The Morgan fingerprint density at radius 2 is 2.25 bits per heavy atom. The lowest BCUT2D eigenvalue weighted by molar-refractivity contribution is -0.120. The normalized spacial score (nSPS) is 24.7. The maximum atomic E-state index is 12.0. The van der Waals surface area contributed by atoms with Gasteiger partial charge in [-0.05, 0) is 33.7 Å². The Kier molecular flexibility index (Phi) is 2.96. The summed E-state index contributed by atoms with van der Waals surface area (Å²) in [5.74, 6) is 0.769. The lowest BCUT2D eigenvalue weighted by Crippen LogP contribution is -2.32. The highest BCUT2D eigenvalue weighted by molar-refractivity contribution is 5.93. The van der Waals surface area contributed by atoms with Crippen molar-refractivity contribution in [1.82, 2.24) is 15.5 Å². The largest absolute Gasteiger partial charge is 0.313 e. The lowest BCUT2D eigenvalue weighted by Gasteiger charge is -2.13. The quantitative estimate of drug-likeness (QED) is 0.698. The monoisotopic (exact) mass is 222 g/mol. The number of amides is 1. The zero-order chi connectivity index (χ0) is 11.7. The summed E-state index contributed by atoms with van der Waals surface area (Å²) in [5, 5.41) is 13.1. The van der Waals surface area contributed by atoms with Gasteiger partial charge in [0.15, 0.2) is 5.82 Å². The number of hydrogen-bond donors (Lipinski definition) is 3. The molecule has 1 amide bonds. The van der Waals surface area contributed by atoms with Crippen LogP contribution in [0.4, 0.5) is 5.82 Å². The molecule has 0 radical (unpaired) electrons. The second-order valence-corrected chi connectivity index (χ2v) is 4.45. The molecule has 88 valence electrons. The van der Waals surface area contributed by atoms with Crippen LogP contribution >= 0.6 is 0 Å². The van der Waals surface area contributed by atoms with Gasteiger partial charge in [-0.25, -0.2) is 0 Å². The van der Waals surface area contributed by atoms with Crippen LogP contribution in [-0.4, -0.2) is 28.7 Å². The van der Waals surface area contributed by atoms with Crippen molar-refractivity contribution >= 4 is 11.7 Å². The van der Waals surface area contributed by atoms with Gasteiger partial charge in [0.2, 0.25) is 5.91 Å². The molecule has 2 rings (SSSR count). The number of carbonyl (C=O) groups is 1. The molecule has 0 saturated carbocycles. The number of anilines is 1. The fraction of sp³-hybridized carbons (Fsp3) is 0.636. The maximum absolute atomic E-state index is 12.0. The van der Waals surface area contributed by atoms with Gasteiger partial charge in [0.1, 0.15) is 0 Å². The van der Waals surface area contributed by atoms with Crippen LogP contribution < -0.4 is 10.6 Å². The lowest BCUT2D eigenvalue weighted by atomic mass is 10.0. The van der Waals surface area contributed by atoms with Crippen molar-refractivity contribution in [1.29, 1.82) is 0 Å². The van der Waals surface area contributed by atoms with E-state index >= 15 is 0 Å². The summed E-state index contributed by atoms with van der Waals surface area (Å²) >= 11 is 0. The second kappa shape index (κ2) is 4.25. The van der Waals surface area contributed by atoms with E-state index in [4.69, 9.17) is 0 Å². The summed E-state index contributed by atoms with van der Waals surface area (Å²) in [6, 6.07) is 0.250. The van der Waals surface area contributed by atoms with E-state index in [0.29, 0.717) is 5.82 Å². The Morgan fingerprint density at radius 1 is 1.50 bits per heavy atom. The zero-order valence-corrected chi connectivity index (χ0v) is 9.92. The molecule has 1 fully saturated rings. The van der Waals surface area contributed by atoms with Gasteiger partial charge in [0.05, 0.1) is 5.92 Å². The standard InChI is InChI=1S/C11H18N4O/c1-6-7(2)14-15-10(6)13-11(16)9-4-5-12-8(9)3/h8-9,12H,4-5H2,1-3H3,(H2,13,14,15,16). The van der Waals surface area contributed by atoms with Gasteiger partial charge >= 0.3 is 0 Å². The molecular weight excluding hydrogens is 204 g/mol. The van der Waals surface area contributed by atoms with Crippen LogP contribution in [0.2, 0.25) is 0 Å². The van der Waals surface area contributed by atoms with Crippen molar-refractivity contribution in [3.05, 3.63) is 11.3 Å². The van der Waals surface area contributed by atoms with Crippen molar-refractivity contribution in [2.45, 2.75) is 33.2 Å². The number of hydrogen-bond acceptors (Lipinski definition) is 3. The van der Waals surface area contributed by atoms with Crippen molar-refractivity contribution in [2.24, 2.45) is 5.92 Å². The van der Waals surface area contributed by atoms with E-state index in [1.165, 1.54) is 0 Å². The number of aromatic nitrogens is 2. The maximum Gasteiger partial charge on any atom is 0.230 e. The predicted molar refractivity (Wildman–Crippen MR) is 62.3 cm³/mol. The molecule has 0 aromatic carbocycles. The molecule has 1 aromatic heterocycles. The van der Waals surface area contributed by atoms with Crippen molar-refractivity contribution in [2.75, 3.05) is 11.9 Å². The smallest absolute Gasteiger partial charge is 0.230 e. The molecule has 2 unspecified atom stereocenters. The van der Waals surface area contributed by atoms with Crippen LogP contribution in [0.5, 0.6) is 0 Å². The highest BCUT2D eigenvalue weighted by atomic mass is 16.2. The molecule has 1 saturated heterocycles. The highest BCUT2D eigenvalue weighted by Gasteiger charge is 2.29. The van der Waals surface area contributed by atoms with Crippen molar-refractivity contribution in [3.8, 4) is 0 Å². The first-order chi connectivity index (χ1) is 7.59. The number of aryl methyl sites for hydroxylation is 1. The van der Waals surface area contributed by atoms with E-state index in [9.17, 15) is 4.79 Å². The van der Waals surface area contributed by atoms with E-state index in [1.807, 2.05) is 20.8 Å². The molecule has 16 heavy (non-hydrogen) atoms. The minimum Gasteiger partial charge on any atom is -0.313 e. The van der Waals surface area contributed by atoms with Crippen LogP contribution in [-0.2, 0) is 4.79 Å². The van der Waals surface area contributed by atoms with Crippen molar-refractivity contribution < 1.29 is 4.79 Å². The first-order valence-electron chi connectivity index (χ1n) is 5.65. The average Bonchev–Trinajstić information content (AvgIpc) is 2.79. The second-order valence-electron chi connectivity index (χ2n) is 4.45. The number of nitrogens with zero attached hydrogens (tertiary/aromatic N) is 1. The minimum atomic E-state index is 0.0522. The van der Waals surface area contributed by atoms with Gasteiger partial charge in [-0.3, -0.25) is 9.89 Å². The Labute approximate surface area is 95.0 Å². The summed E-state index contributed by atoms with van der Waals surface area (Å²) in [6.07, 6.45) is 0.898. The van der Waals surface area contributed by atoms with Gasteiger partial charge in [-0.2, -0.15) is 5.10 Å². The molecule has 2 atom stereocenters. The van der Waals surface area contributed by atoms with Gasteiger partial charge in [0, 0.05) is 17.3 Å². The number of carbonyl (C=O) groups excluding carboxylic acids is 1. The van der Waals surface area contributed by atoms with Gasteiger partial charge < -0.3 is 10.6 Å². The van der Waals surface area contributed by atoms with Crippen molar-refractivity contribution in [3.63, 3.8) is 0 Å². The SMILES string of the molecule is Cc1[nH]nc(NC(=O)C2CCNC2C)c1C. The molecule has 1 aliphatic heterocycles. The molecule has 0 aliphatic carbocycles. The first kappa shape index (κ1) is 11.1. The van der Waals surface area contributed by atoms with Gasteiger partial charge in [-0.15, -0.1) is 0 Å². The number of nitrogens with one attached hydrogen (secondary N) is 3. The Morgan fingerprint density at radius 3 is 2.75 bits per heavy atom. The molecule has 0 bridgehead atoms. The first-order valence-corrected chi connectivity index (χ1v) is 5.65. The van der Waals surface area contributed by atoms with Crippen LogP contribution in [0.15, 0.2) is 0 Å². The molecule has 1 aliphatic rings. The fourth-order valence-corrected chi connectivity index (χ4v) is 2.03. The third-order valence-corrected chi connectivity index (χ3v) is 3.36.